The van der Waals surface area contributed by atoms with E-state index in [4.69, 9.17) is 11.2 Å². The fourth-order valence-corrected chi connectivity index (χ4v) is 1.73. The molecule has 2 rings (SSSR count). The molecule has 20 heavy (non-hydrogen) atoms. The van der Waals surface area contributed by atoms with Crippen molar-refractivity contribution in [3.8, 4) is 12.3 Å². The molecule has 2 aromatic rings. The van der Waals surface area contributed by atoms with Crippen LogP contribution < -0.4 is 0 Å². The summed E-state index contributed by atoms with van der Waals surface area (Å²) >= 11 is 0. The molecule has 0 aromatic heterocycles. The van der Waals surface area contributed by atoms with E-state index in [1.165, 1.54) is 6.07 Å². The van der Waals surface area contributed by atoms with Crippen LogP contribution >= 0.6 is 0 Å². The maximum atomic E-state index is 12.3. The highest BCUT2D eigenvalue weighted by atomic mass is 16.5. The van der Waals surface area contributed by atoms with Gasteiger partial charge in [0.05, 0.1) is 5.56 Å². The molecule has 0 heterocycles. The van der Waals surface area contributed by atoms with Gasteiger partial charge in [0.1, 0.15) is 0 Å². The van der Waals surface area contributed by atoms with Gasteiger partial charge in [-0.15, -0.1) is 6.42 Å². The number of ketones is 1. The van der Waals surface area contributed by atoms with E-state index < -0.39 is 5.97 Å². The summed E-state index contributed by atoms with van der Waals surface area (Å²) < 4.78 is 4.83. The summed E-state index contributed by atoms with van der Waals surface area (Å²) in [4.78, 5) is 23.9. The molecule has 3 heteroatoms. The molecule has 0 aliphatic rings. The van der Waals surface area contributed by atoms with Crippen molar-refractivity contribution in [3.63, 3.8) is 0 Å². The summed E-state index contributed by atoms with van der Waals surface area (Å²) in [5.74, 6) is 1.54. The number of benzene rings is 2. The van der Waals surface area contributed by atoms with Gasteiger partial charge in [-0.05, 0) is 12.1 Å². The minimum Gasteiger partial charge on any atom is -0.449 e. The van der Waals surface area contributed by atoms with Crippen molar-refractivity contribution in [2.24, 2.45) is 0 Å². The van der Waals surface area contributed by atoms with E-state index in [9.17, 15) is 9.59 Å². The number of hydrogen-bond donors (Lipinski definition) is 0. The molecule has 98 valence electrons. The third-order valence-electron chi connectivity index (χ3n) is 2.68. The molecule has 3 nitrogen and oxygen atoms in total. The summed E-state index contributed by atoms with van der Waals surface area (Å²) in [5.41, 5.74) is 1.31. The minimum atomic E-state index is -0.536. The van der Waals surface area contributed by atoms with Crippen LogP contribution in [-0.4, -0.2) is 18.4 Å². The van der Waals surface area contributed by atoms with Gasteiger partial charge in [0.2, 0.25) is 0 Å². The summed E-state index contributed by atoms with van der Waals surface area (Å²) in [5, 5.41) is 0. The second-order valence-corrected chi connectivity index (χ2v) is 4.06. The maximum Gasteiger partial charge on any atom is 0.339 e. The highest BCUT2D eigenvalue weighted by molar-refractivity contribution is 6.09. The predicted molar refractivity (Wildman–Crippen MR) is 75.4 cm³/mol. The Bertz CT molecular complexity index is 666. The number of terminal acetylenes is 1. The Balaban J connectivity index is 2.24. The first-order valence-electron chi connectivity index (χ1n) is 6.03. The maximum absolute atomic E-state index is 12.3. The number of hydrogen-bond acceptors (Lipinski definition) is 3. The Morgan fingerprint density at radius 1 is 0.950 bits per heavy atom. The van der Waals surface area contributed by atoms with Crippen LogP contribution in [0.3, 0.4) is 0 Å². The molecular weight excluding hydrogens is 252 g/mol. The number of ether oxygens (including phenoxy) is 1. The minimum absolute atomic E-state index is 0.0876. The molecule has 0 bridgehead atoms. The Hall–Kier alpha value is -2.86. The van der Waals surface area contributed by atoms with Gasteiger partial charge in [-0.1, -0.05) is 48.4 Å². The fraction of sp³-hybridized carbons (Fsp3) is 0.0588. The monoisotopic (exact) mass is 264 g/mol. The third kappa shape index (κ3) is 3.12. The molecule has 0 atom stereocenters. The van der Waals surface area contributed by atoms with Crippen LogP contribution in [0.1, 0.15) is 26.3 Å². The molecule has 2 aromatic carbocycles. The first-order valence-corrected chi connectivity index (χ1v) is 6.03. The Morgan fingerprint density at radius 3 is 2.30 bits per heavy atom. The van der Waals surface area contributed by atoms with Crippen molar-refractivity contribution in [2.45, 2.75) is 0 Å². The molecule has 0 N–H and O–H groups in total. The number of carbonyl (C=O) groups excluding carboxylic acids is 2. The lowest BCUT2D eigenvalue weighted by Crippen LogP contribution is -2.08. The molecule has 0 radical (unpaired) electrons. The van der Waals surface area contributed by atoms with Gasteiger partial charge in [-0.3, -0.25) is 4.79 Å². The Morgan fingerprint density at radius 2 is 1.60 bits per heavy atom. The molecule has 0 saturated heterocycles. The van der Waals surface area contributed by atoms with Crippen molar-refractivity contribution >= 4 is 11.8 Å². The molecule has 0 amide bonds. The largest absolute Gasteiger partial charge is 0.449 e. The van der Waals surface area contributed by atoms with Crippen LogP contribution in [0.2, 0.25) is 0 Å². The zero-order valence-electron chi connectivity index (χ0n) is 10.7. The Kier molecular flexibility index (Phi) is 4.31. The van der Waals surface area contributed by atoms with Gasteiger partial charge in [0, 0.05) is 11.1 Å². The molecule has 0 spiro atoms. The first kappa shape index (κ1) is 13.6. The second kappa shape index (κ2) is 6.35. The van der Waals surface area contributed by atoms with Crippen molar-refractivity contribution in [1.82, 2.24) is 0 Å². The van der Waals surface area contributed by atoms with E-state index in [1.54, 1.807) is 42.5 Å². The number of rotatable bonds is 4. The van der Waals surface area contributed by atoms with Crippen molar-refractivity contribution in [2.75, 3.05) is 6.61 Å². The van der Waals surface area contributed by atoms with Crippen LogP contribution in [0, 0.1) is 12.3 Å². The van der Waals surface area contributed by atoms with Crippen molar-refractivity contribution in [1.29, 1.82) is 0 Å². The standard InChI is InChI=1S/C17H12O3/c1-2-11-20-17(19)15-10-6-9-14(12-15)16(18)13-7-4-3-5-8-13/h1,3-10,12H,11H2. The lowest BCUT2D eigenvalue weighted by Gasteiger charge is -2.04. The topological polar surface area (TPSA) is 43.4 Å². The predicted octanol–water partition coefficient (Wildman–Crippen LogP) is 2.71. The van der Waals surface area contributed by atoms with Gasteiger partial charge in [0.25, 0.3) is 0 Å². The van der Waals surface area contributed by atoms with Crippen LogP contribution in [-0.2, 0) is 4.74 Å². The Labute approximate surface area is 117 Å². The van der Waals surface area contributed by atoms with Gasteiger partial charge in [0.15, 0.2) is 12.4 Å². The summed E-state index contributed by atoms with van der Waals surface area (Å²) in [6, 6.07) is 15.3. The average Bonchev–Trinajstić information content (AvgIpc) is 2.52. The molecular formula is C17H12O3. The van der Waals surface area contributed by atoms with Crippen LogP contribution in [0.4, 0.5) is 0 Å². The molecule has 0 saturated carbocycles. The first-order chi connectivity index (χ1) is 9.72. The highest BCUT2D eigenvalue weighted by Gasteiger charge is 2.12. The molecule has 0 unspecified atom stereocenters. The molecule has 0 aliphatic carbocycles. The highest BCUT2D eigenvalue weighted by Crippen LogP contribution is 2.12. The van der Waals surface area contributed by atoms with Crippen LogP contribution in [0.5, 0.6) is 0 Å². The second-order valence-electron chi connectivity index (χ2n) is 4.06. The molecule has 0 aliphatic heterocycles. The van der Waals surface area contributed by atoms with Gasteiger partial charge < -0.3 is 4.74 Å². The normalized spacial score (nSPS) is 9.55. The quantitative estimate of drug-likeness (QED) is 0.484. The third-order valence-corrected chi connectivity index (χ3v) is 2.68. The molecule has 0 fully saturated rings. The zero-order chi connectivity index (χ0) is 14.4. The number of esters is 1. The van der Waals surface area contributed by atoms with Gasteiger partial charge >= 0.3 is 5.97 Å². The van der Waals surface area contributed by atoms with Gasteiger partial charge in [-0.25, -0.2) is 4.79 Å². The van der Waals surface area contributed by atoms with Crippen molar-refractivity contribution < 1.29 is 14.3 Å². The fourth-order valence-electron chi connectivity index (χ4n) is 1.73. The van der Waals surface area contributed by atoms with E-state index >= 15 is 0 Å². The van der Waals surface area contributed by atoms with Crippen LogP contribution in [0.25, 0.3) is 0 Å². The van der Waals surface area contributed by atoms with Crippen LogP contribution in [0.15, 0.2) is 54.6 Å². The smallest absolute Gasteiger partial charge is 0.339 e. The van der Waals surface area contributed by atoms with E-state index in [-0.39, 0.29) is 12.4 Å². The van der Waals surface area contributed by atoms with Gasteiger partial charge in [-0.2, -0.15) is 0 Å². The van der Waals surface area contributed by atoms with Crippen molar-refractivity contribution in [3.05, 3.63) is 71.3 Å². The summed E-state index contributed by atoms with van der Waals surface area (Å²) in [6.45, 7) is -0.0876. The van der Waals surface area contributed by atoms with E-state index in [1.807, 2.05) is 6.07 Å². The number of carbonyl (C=O) groups is 2. The zero-order valence-corrected chi connectivity index (χ0v) is 10.7. The van der Waals surface area contributed by atoms with E-state index in [2.05, 4.69) is 5.92 Å². The lowest BCUT2D eigenvalue weighted by molar-refractivity contribution is 0.0557. The SMILES string of the molecule is C#CCOC(=O)c1cccc(C(=O)c2ccccc2)c1. The average molecular weight is 264 g/mol. The van der Waals surface area contributed by atoms with E-state index in [0.717, 1.165) is 0 Å². The summed E-state index contributed by atoms with van der Waals surface area (Å²) in [6.07, 6.45) is 5.03. The van der Waals surface area contributed by atoms with E-state index in [0.29, 0.717) is 16.7 Å². The summed E-state index contributed by atoms with van der Waals surface area (Å²) in [7, 11) is 0. The lowest BCUT2D eigenvalue weighted by atomic mass is 10.0.